The molecule has 0 radical (unpaired) electrons. The second-order valence-electron chi connectivity index (χ2n) is 2.79. The van der Waals surface area contributed by atoms with Crippen molar-refractivity contribution in [3.63, 3.8) is 0 Å². The van der Waals surface area contributed by atoms with Crippen LogP contribution in [0.1, 0.15) is 0 Å². The largest absolute Gasteiger partial charge is 0.389 e. The van der Waals surface area contributed by atoms with Crippen molar-refractivity contribution in [3.05, 3.63) is 29.6 Å². The first-order chi connectivity index (χ1) is 7.58. The third-order valence-electron chi connectivity index (χ3n) is 1.72. The van der Waals surface area contributed by atoms with Gasteiger partial charge < -0.3 is 15.5 Å². The van der Waals surface area contributed by atoms with Crippen LogP contribution in [-0.4, -0.2) is 10.2 Å². The molecule has 8 heteroatoms. The van der Waals surface area contributed by atoms with Crippen LogP contribution < -0.4 is 11.1 Å². The molecule has 1 heterocycles. The number of nitrogens with zero attached hydrogens (tertiary/aromatic N) is 2. The number of halogens is 3. The Labute approximate surface area is 87.1 Å². The van der Waals surface area contributed by atoms with Crippen molar-refractivity contribution >= 4 is 17.7 Å². The van der Waals surface area contributed by atoms with Crippen LogP contribution in [0.5, 0.6) is 0 Å². The van der Waals surface area contributed by atoms with E-state index in [0.29, 0.717) is 0 Å². The smallest absolute Gasteiger partial charge is 0.321 e. The minimum atomic E-state index is -1.59. The highest BCUT2D eigenvalue weighted by atomic mass is 19.2. The zero-order chi connectivity index (χ0) is 11.7. The summed E-state index contributed by atoms with van der Waals surface area (Å²) in [4.78, 5) is 0. The van der Waals surface area contributed by atoms with Gasteiger partial charge in [-0.25, -0.2) is 13.2 Å². The van der Waals surface area contributed by atoms with Gasteiger partial charge in [0.1, 0.15) is 0 Å². The SMILES string of the molecule is Nc1nnc(Nc2ccc(F)c(F)c2F)o1. The Hall–Kier alpha value is -2.25. The second-order valence-corrected chi connectivity index (χ2v) is 2.79. The van der Waals surface area contributed by atoms with E-state index >= 15 is 0 Å². The first kappa shape index (κ1) is 10.3. The molecular formula is C8H5F3N4O. The van der Waals surface area contributed by atoms with Gasteiger partial charge >= 0.3 is 12.0 Å². The standard InChI is InChI=1S/C8H5F3N4O/c9-3-1-2-4(6(11)5(3)10)13-8-15-14-7(12)16-8/h1-2H,(H2,12,14)(H,13,15). The number of hydrogen-bond acceptors (Lipinski definition) is 5. The number of rotatable bonds is 2. The predicted octanol–water partition coefficient (Wildman–Crippen LogP) is 1.81. The second kappa shape index (κ2) is 3.72. The van der Waals surface area contributed by atoms with Crippen molar-refractivity contribution in [3.8, 4) is 0 Å². The van der Waals surface area contributed by atoms with Crippen molar-refractivity contribution in [2.45, 2.75) is 0 Å². The highest BCUT2D eigenvalue weighted by Gasteiger charge is 2.14. The average molecular weight is 230 g/mol. The lowest BCUT2D eigenvalue weighted by Crippen LogP contribution is -1.98. The molecule has 84 valence electrons. The summed E-state index contributed by atoms with van der Waals surface area (Å²) in [5, 5.41) is 8.92. The van der Waals surface area contributed by atoms with Gasteiger partial charge in [0.2, 0.25) is 0 Å². The molecule has 0 saturated heterocycles. The molecule has 0 spiro atoms. The van der Waals surface area contributed by atoms with Gasteiger partial charge in [0.05, 0.1) is 5.69 Å². The summed E-state index contributed by atoms with van der Waals surface area (Å²) < 4.78 is 43.2. The summed E-state index contributed by atoms with van der Waals surface area (Å²) >= 11 is 0. The van der Waals surface area contributed by atoms with Crippen LogP contribution in [0.2, 0.25) is 0 Å². The van der Waals surface area contributed by atoms with Crippen LogP contribution >= 0.6 is 0 Å². The summed E-state index contributed by atoms with van der Waals surface area (Å²) in [6, 6.07) is 1.31. The molecule has 0 unspecified atom stereocenters. The van der Waals surface area contributed by atoms with Crippen LogP contribution in [0.15, 0.2) is 16.5 Å². The van der Waals surface area contributed by atoms with E-state index in [2.05, 4.69) is 19.9 Å². The maximum Gasteiger partial charge on any atom is 0.321 e. The highest BCUT2D eigenvalue weighted by Crippen LogP contribution is 2.22. The van der Waals surface area contributed by atoms with Crippen molar-refractivity contribution in [2.75, 3.05) is 11.1 Å². The van der Waals surface area contributed by atoms with Gasteiger partial charge in [-0.15, -0.1) is 0 Å². The van der Waals surface area contributed by atoms with Gasteiger partial charge in [0.25, 0.3) is 0 Å². The van der Waals surface area contributed by atoms with Gasteiger partial charge in [-0.1, -0.05) is 10.2 Å². The van der Waals surface area contributed by atoms with E-state index in [0.717, 1.165) is 12.1 Å². The Morgan fingerprint density at radius 2 is 1.88 bits per heavy atom. The van der Waals surface area contributed by atoms with Crippen molar-refractivity contribution in [2.24, 2.45) is 0 Å². The molecule has 2 rings (SSSR count). The van der Waals surface area contributed by atoms with Crippen LogP contribution in [0.4, 0.5) is 30.9 Å². The maximum absolute atomic E-state index is 13.2. The topological polar surface area (TPSA) is 77.0 Å². The zero-order valence-electron chi connectivity index (χ0n) is 7.67. The third kappa shape index (κ3) is 1.76. The van der Waals surface area contributed by atoms with E-state index in [4.69, 9.17) is 5.73 Å². The molecule has 3 N–H and O–H groups in total. The molecule has 0 aliphatic heterocycles. The molecular weight excluding hydrogens is 225 g/mol. The summed E-state index contributed by atoms with van der Waals surface area (Å²) in [6.45, 7) is 0. The molecule has 1 aromatic carbocycles. The van der Waals surface area contributed by atoms with Crippen LogP contribution in [0, 0.1) is 17.5 Å². The van der Waals surface area contributed by atoms with Crippen LogP contribution in [0.3, 0.4) is 0 Å². The molecule has 5 nitrogen and oxygen atoms in total. The number of benzene rings is 1. The minimum Gasteiger partial charge on any atom is -0.389 e. The molecule has 2 aromatic rings. The van der Waals surface area contributed by atoms with Crippen LogP contribution in [0.25, 0.3) is 0 Å². The predicted molar refractivity (Wildman–Crippen MR) is 48.3 cm³/mol. The average Bonchev–Trinajstić information content (AvgIpc) is 2.65. The molecule has 16 heavy (non-hydrogen) atoms. The summed E-state index contributed by atoms with van der Waals surface area (Å²) in [5.74, 6) is -4.25. The maximum atomic E-state index is 13.2. The normalized spacial score (nSPS) is 10.4. The summed E-state index contributed by atoms with van der Waals surface area (Å²) in [6.07, 6.45) is 0. The third-order valence-corrected chi connectivity index (χ3v) is 1.72. The van der Waals surface area contributed by atoms with Crippen molar-refractivity contribution in [1.29, 1.82) is 0 Å². The van der Waals surface area contributed by atoms with Gasteiger partial charge in [-0.3, -0.25) is 0 Å². The number of anilines is 3. The van der Waals surface area contributed by atoms with E-state index in [-0.39, 0.29) is 17.7 Å². The van der Waals surface area contributed by atoms with E-state index in [9.17, 15) is 13.2 Å². The molecule has 0 amide bonds. The number of nitrogen functional groups attached to an aromatic ring is 1. The molecule has 1 aromatic heterocycles. The van der Waals surface area contributed by atoms with E-state index in [1.807, 2.05) is 0 Å². The fourth-order valence-electron chi connectivity index (χ4n) is 1.02. The van der Waals surface area contributed by atoms with Gasteiger partial charge in [-0.2, -0.15) is 0 Å². The van der Waals surface area contributed by atoms with E-state index < -0.39 is 17.5 Å². The Morgan fingerprint density at radius 1 is 1.12 bits per heavy atom. The van der Waals surface area contributed by atoms with Gasteiger partial charge in [0.15, 0.2) is 17.5 Å². The van der Waals surface area contributed by atoms with Crippen LogP contribution in [-0.2, 0) is 0 Å². The molecule has 0 atom stereocenters. The number of nitrogens with two attached hydrogens (primary N) is 1. The monoisotopic (exact) mass is 230 g/mol. The Balaban J connectivity index is 2.32. The van der Waals surface area contributed by atoms with E-state index in [1.54, 1.807) is 0 Å². The lowest BCUT2D eigenvalue weighted by atomic mass is 10.3. The Morgan fingerprint density at radius 3 is 2.50 bits per heavy atom. The molecule has 0 aliphatic rings. The van der Waals surface area contributed by atoms with Crippen molar-refractivity contribution < 1.29 is 17.6 Å². The number of hydrogen-bond donors (Lipinski definition) is 2. The number of aromatic nitrogens is 2. The molecule has 0 saturated carbocycles. The quantitative estimate of drug-likeness (QED) is 0.769. The highest BCUT2D eigenvalue weighted by molar-refractivity contribution is 5.53. The zero-order valence-corrected chi connectivity index (χ0v) is 7.67. The Kier molecular flexibility index (Phi) is 2.39. The molecule has 0 fully saturated rings. The minimum absolute atomic E-state index is 0.220. The molecule has 0 aliphatic carbocycles. The summed E-state index contributed by atoms with van der Waals surface area (Å²) in [7, 11) is 0. The lowest BCUT2D eigenvalue weighted by molar-refractivity contribution is 0.449. The number of nitrogens with one attached hydrogen (secondary N) is 1. The first-order valence-electron chi connectivity index (χ1n) is 4.07. The van der Waals surface area contributed by atoms with E-state index in [1.165, 1.54) is 0 Å². The summed E-state index contributed by atoms with van der Waals surface area (Å²) in [5.41, 5.74) is 4.79. The van der Waals surface area contributed by atoms with Gasteiger partial charge in [0, 0.05) is 0 Å². The van der Waals surface area contributed by atoms with Gasteiger partial charge in [-0.05, 0) is 12.1 Å². The lowest BCUT2D eigenvalue weighted by Gasteiger charge is -2.03. The fourth-order valence-corrected chi connectivity index (χ4v) is 1.02. The fraction of sp³-hybridized carbons (Fsp3) is 0. The first-order valence-corrected chi connectivity index (χ1v) is 4.07. The Bertz CT molecular complexity index is 528. The molecule has 0 bridgehead atoms. The van der Waals surface area contributed by atoms with Crippen molar-refractivity contribution in [1.82, 2.24) is 10.2 Å².